The number of benzene rings is 1. The monoisotopic (exact) mass is 268 g/mol. The molecule has 1 aliphatic rings. The highest BCUT2D eigenvalue weighted by atomic mass is 16.5. The molecule has 1 aliphatic carbocycles. The molecule has 0 spiro atoms. The summed E-state index contributed by atoms with van der Waals surface area (Å²) in [5.41, 5.74) is 3.99. The summed E-state index contributed by atoms with van der Waals surface area (Å²) in [5, 5.41) is 0. The van der Waals surface area contributed by atoms with Crippen molar-refractivity contribution in [3.63, 3.8) is 0 Å². The first-order valence-corrected chi connectivity index (χ1v) is 7.35. The van der Waals surface area contributed by atoms with Gasteiger partial charge in [0.25, 0.3) is 0 Å². The smallest absolute Gasteiger partial charge is 0.0868 e. The highest BCUT2D eigenvalue weighted by molar-refractivity contribution is 5.43. The number of hydrogen-bond donors (Lipinski definition) is 0. The van der Waals surface area contributed by atoms with Crippen molar-refractivity contribution in [2.45, 2.75) is 38.7 Å². The summed E-state index contributed by atoms with van der Waals surface area (Å²) in [6.45, 7) is 4.34. The van der Waals surface area contributed by atoms with E-state index in [1.165, 1.54) is 16.7 Å². The van der Waals surface area contributed by atoms with Gasteiger partial charge in [-0.1, -0.05) is 61.6 Å². The lowest BCUT2D eigenvalue weighted by Crippen LogP contribution is -2.25. The van der Waals surface area contributed by atoms with E-state index in [4.69, 9.17) is 4.74 Å². The van der Waals surface area contributed by atoms with E-state index in [0.717, 1.165) is 19.3 Å². The number of hydrogen-bond acceptors (Lipinski definition) is 1. The quantitative estimate of drug-likeness (QED) is 0.741. The first kappa shape index (κ1) is 14.8. The van der Waals surface area contributed by atoms with E-state index in [2.05, 4.69) is 68.5 Å². The van der Waals surface area contributed by atoms with Crippen molar-refractivity contribution in [3.05, 3.63) is 71.3 Å². The second kappa shape index (κ2) is 6.71. The number of methoxy groups -OCH3 is 1. The van der Waals surface area contributed by atoms with Gasteiger partial charge in [-0.2, -0.15) is 0 Å². The van der Waals surface area contributed by atoms with Crippen molar-refractivity contribution in [1.82, 2.24) is 0 Å². The summed E-state index contributed by atoms with van der Waals surface area (Å²) in [6.07, 6.45) is 12.0. The third kappa shape index (κ3) is 3.71. The molecule has 1 heteroatoms. The fraction of sp³-hybridized carbons (Fsp3) is 0.368. The van der Waals surface area contributed by atoms with Crippen LogP contribution in [0.4, 0.5) is 0 Å². The van der Waals surface area contributed by atoms with Crippen molar-refractivity contribution in [2.24, 2.45) is 0 Å². The van der Waals surface area contributed by atoms with Gasteiger partial charge >= 0.3 is 0 Å². The largest absolute Gasteiger partial charge is 0.374 e. The van der Waals surface area contributed by atoms with E-state index in [9.17, 15) is 0 Å². The van der Waals surface area contributed by atoms with Gasteiger partial charge in [0.1, 0.15) is 0 Å². The first-order chi connectivity index (χ1) is 9.67. The van der Waals surface area contributed by atoms with Gasteiger partial charge in [0.2, 0.25) is 0 Å². The predicted molar refractivity (Wildman–Crippen MR) is 85.8 cm³/mol. The Morgan fingerprint density at radius 2 is 2.05 bits per heavy atom. The maximum absolute atomic E-state index is 5.52. The molecule has 1 aromatic rings. The van der Waals surface area contributed by atoms with Crippen molar-refractivity contribution in [3.8, 4) is 0 Å². The molecule has 0 aliphatic heterocycles. The molecule has 0 fully saturated rings. The molecule has 0 aromatic heterocycles. The molecule has 1 aromatic carbocycles. The molecule has 106 valence electrons. The zero-order chi connectivity index (χ0) is 14.4. The van der Waals surface area contributed by atoms with Crippen LogP contribution in [0.1, 0.15) is 32.3 Å². The average molecular weight is 268 g/mol. The molecule has 0 bridgehead atoms. The summed E-state index contributed by atoms with van der Waals surface area (Å²) < 4.78 is 5.52. The molecule has 0 saturated carbocycles. The Hall–Kier alpha value is -1.60. The van der Waals surface area contributed by atoms with Crippen LogP contribution >= 0.6 is 0 Å². The Kier molecular flexibility index (Phi) is 4.97. The fourth-order valence-corrected chi connectivity index (χ4v) is 2.43. The number of allylic oxidation sites excluding steroid dienone is 4. The second-order valence-electron chi connectivity index (χ2n) is 5.49. The fourth-order valence-electron chi connectivity index (χ4n) is 2.43. The minimum absolute atomic E-state index is 0.137. The van der Waals surface area contributed by atoms with Gasteiger partial charge in [0.05, 0.1) is 5.60 Å². The summed E-state index contributed by atoms with van der Waals surface area (Å²) in [4.78, 5) is 0. The zero-order valence-corrected chi connectivity index (χ0v) is 12.7. The Bertz CT molecular complexity index is 522. The normalized spacial score (nSPS) is 22.8. The van der Waals surface area contributed by atoms with Gasteiger partial charge in [0.15, 0.2) is 0 Å². The third-order valence-electron chi connectivity index (χ3n) is 3.99. The minimum atomic E-state index is -0.137. The van der Waals surface area contributed by atoms with E-state index in [0.29, 0.717) is 0 Å². The van der Waals surface area contributed by atoms with Crippen LogP contribution < -0.4 is 0 Å². The Labute approximate surface area is 122 Å². The van der Waals surface area contributed by atoms with Crippen LogP contribution in [0.15, 0.2) is 65.8 Å². The van der Waals surface area contributed by atoms with Crippen molar-refractivity contribution in [1.29, 1.82) is 0 Å². The molecule has 20 heavy (non-hydrogen) atoms. The van der Waals surface area contributed by atoms with Crippen LogP contribution in [0.3, 0.4) is 0 Å². The van der Waals surface area contributed by atoms with Crippen molar-refractivity contribution < 1.29 is 4.74 Å². The molecule has 0 N–H and O–H groups in total. The predicted octanol–water partition coefficient (Wildman–Crippen LogP) is 4.86. The topological polar surface area (TPSA) is 9.23 Å². The van der Waals surface area contributed by atoms with Crippen molar-refractivity contribution in [2.75, 3.05) is 7.11 Å². The third-order valence-corrected chi connectivity index (χ3v) is 3.99. The van der Waals surface area contributed by atoms with Gasteiger partial charge in [-0.25, -0.2) is 0 Å². The Morgan fingerprint density at radius 1 is 1.30 bits per heavy atom. The average Bonchev–Trinajstić information content (AvgIpc) is 2.51. The second-order valence-corrected chi connectivity index (χ2v) is 5.49. The van der Waals surface area contributed by atoms with Crippen LogP contribution in [0.25, 0.3) is 0 Å². The van der Waals surface area contributed by atoms with Crippen LogP contribution in [-0.2, 0) is 11.2 Å². The Balaban J connectivity index is 2.08. The lowest BCUT2D eigenvalue weighted by Gasteiger charge is -2.26. The van der Waals surface area contributed by atoms with Gasteiger partial charge < -0.3 is 4.74 Å². The van der Waals surface area contributed by atoms with Crippen LogP contribution in [0.5, 0.6) is 0 Å². The molecule has 2 rings (SSSR count). The maximum atomic E-state index is 5.52. The summed E-state index contributed by atoms with van der Waals surface area (Å²) in [7, 11) is 1.77. The van der Waals surface area contributed by atoms with Gasteiger partial charge in [-0.15, -0.1) is 0 Å². The van der Waals surface area contributed by atoms with E-state index < -0.39 is 0 Å². The highest BCUT2D eigenvalue weighted by Gasteiger charge is 2.21. The standard InChI is InChI=1S/C19H24O/c1-4-17(11-10-16-8-6-5-7-9-16)18-12-14-19(2,20-3)15-13-18/h5-9,11-14H,4,10,15H2,1-3H3. The zero-order valence-electron chi connectivity index (χ0n) is 12.7. The molecular formula is C19H24O. The molecule has 0 heterocycles. The number of rotatable bonds is 5. The molecular weight excluding hydrogens is 244 g/mol. The molecule has 0 radical (unpaired) electrons. The first-order valence-electron chi connectivity index (χ1n) is 7.35. The highest BCUT2D eigenvalue weighted by Crippen LogP contribution is 2.28. The molecule has 1 atom stereocenters. The minimum Gasteiger partial charge on any atom is -0.374 e. The molecule has 1 nitrogen and oxygen atoms in total. The van der Waals surface area contributed by atoms with E-state index >= 15 is 0 Å². The SMILES string of the molecule is CCC(=CCc1ccccc1)C1=CCC(C)(OC)C=C1. The van der Waals surface area contributed by atoms with E-state index in [1.54, 1.807) is 7.11 Å². The molecule has 1 unspecified atom stereocenters. The summed E-state index contributed by atoms with van der Waals surface area (Å²) >= 11 is 0. The number of ether oxygens (including phenoxy) is 1. The summed E-state index contributed by atoms with van der Waals surface area (Å²) in [5.74, 6) is 0. The van der Waals surface area contributed by atoms with Gasteiger partial charge in [-0.05, 0) is 42.9 Å². The maximum Gasteiger partial charge on any atom is 0.0868 e. The lowest BCUT2D eigenvalue weighted by molar-refractivity contribution is 0.0503. The van der Waals surface area contributed by atoms with Gasteiger partial charge in [0, 0.05) is 7.11 Å². The van der Waals surface area contributed by atoms with Crippen molar-refractivity contribution >= 4 is 0 Å². The Morgan fingerprint density at radius 3 is 2.60 bits per heavy atom. The van der Waals surface area contributed by atoms with E-state index in [-0.39, 0.29) is 5.60 Å². The van der Waals surface area contributed by atoms with Crippen LogP contribution in [0, 0.1) is 0 Å². The molecule has 0 saturated heterocycles. The summed E-state index contributed by atoms with van der Waals surface area (Å²) in [6, 6.07) is 10.6. The van der Waals surface area contributed by atoms with Gasteiger partial charge in [-0.3, -0.25) is 0 Å². The van der Waals surface area contributed by atoms with Crippen LogP contribution in [0.2, 0.25) is 0 Å². The molecule has 0 amide bonds. The van der Waals surface area contributed by atoms with Crippen LogP contribution in [-0.4, -0.2) is 12.7 Å². The lowest BCUT2D eigenvalue weighted by atomic mass is 9.89. The van der Waals surface area contributed by atoms with E-state index in [1.807, 2.05) is 0 Å².